The van der Waals surface area contributed by atoms with Gasteiger partial charge in [-0.2, -0.15) is 0 Å². The molecule has 0 radical (unpaired) electrons. The Bertz CT molecular complexity index is 581. The number of carbonyl (C=O) groups excluding carboxylic acids is 1. The highest BCUT2D eigenvalue weighted by Crippen LogP contribution is 2.26. The first kappa shape index (κ1) is 13.1. The average molecular weight is 259 g/mol. The minimum atomic E-state index is -1.34. The van der Waals surface area contributed by atoms with Crippen LogP contribution in [0.1, 0.15) is 6.92 Å². The third-order valence-electron chi connectivity index (χ3n) is 2.67. The molecule has 0 bridgehead atoms. The summed E-state index contributed by atoms with van der Waals surface area (Å²) in [5.41, 5.74) is 1.19. The SMILES string of the molecule is C[C@@H](Oc1ccc(-c2ccccc2)c(F)c1)C(=O)[O-]. The lowest BCUT2D eigenvalue weighted by molar-refractivity contribution is -0.312. The second-order valence-corrected chi connectivity index (χ2v) is 4.09. The Hall–Kier alpha value is -2.36. The Balaban J connectivity index is 2.25. The largest absolute Gasteiger partial charge is 0.546 e. The summed E-state index contributed by atoms with van der Waals surface area (Å²) in [4.78, 5) is 10.5. The van der Waals surface area contributed by atoms with Crippen LogP contribution in [0, 0.1) is 5.82 Å². The van der Waals surface area contributed by atoms with E-state index in [1.165, 1.54) is 19.1 Å². The molecule has 19 heavy (non-hydrogen) atoms. The fourth-order valence-electron chi connectivity index (χ4n) is 1.67. The molecule has 0 aromatic heterocycles. The Labute approximate surface area is 110 Å². The van der Waals surface area contributed by atoms with Crippen molar-refractivity contribution in [2.24, 2.45) is 0 Å². The smallest absolute Gasteiger partial charge is 0.135 e. The van der Waals surface area contributed by atoms with Crippen LogP contribution in [0.4, 0.5) is 4.39 Å². The average Bonchev–Trinajstić information content (AvgIpc) is 2.39. The van der Waals surface area contributed by atoms with Crippen LogP contribution >= 0.6 is 0 Å². The molecule has 0 aliphatic heterocycles. The predicted octanol–water partition coefficient (Wildman–Crippen LogP) is 2.01. The van der Waals surface area contributed by atoms with Crippen molar-refractivity contribution in [3.63, 3.8) is 0 Å². The Morgan fingerprint density at radius 3 is 2.47 bits per heavy atom. The molecule has 0 heterocycles. The fourth-order valence-corrected chi connectivity index (χ4v) is 1.67. The third-order valence-corrected chi connectivity index (χ3v) is 2.67. The standard InChI is InChI=1S/C15H13FO3/c1-10(15(17)18)19-12-7-8-13(14(16)9-12)11-5-3-2-4-6-11/h2-10H,1H3,(H,17,18)/p-1/t10-/m1/s1. The van der Waals surface area contributed by atoms with E-state index in [4.69, 9.17) is 4.74 Å². The highest BCUT2D eigenvalue weighted by molar-refractivity contribution is 5.70. The number of ether oxygens (including phenoxy) is 1. The molecule has 0 spiro atoms. The number of carboxylic acids is 1. The van der Waals surface area contributed by atoms with Crippen molar-refractivity contribution in [2.75, 3.05) is 0 Å². The molecule has 0 N–H and O–H groups in total. The zero-order valence-corrected chi connectivity index (χ0v) is 10.3. The molecule has 2 rings (SSSR count). The van der Waals surface area contributed by atoms with Crippen LogP contribution in [0.15, 0.2) is 48.5 Å². The summed E-state index contributed by atoms with van der Waals surface area (Å²) in [5, 5.41) is 10.5. The predicted molar refractivity (Wildman–Crippen MR) is 66.9 cm³/mol. The van der Waals surface area contributed by atoms with E-state index in [0.29, 0.717) is 5.56 Å². The number of aliphatic carboxylic acids is 1. The molecule has 0 aliphatic rings. The normalized spacial score (nSPS) is 11.9. The zero-order valence-electron chi connectivity index (χ0n) is 10.3. The maximum Gasteiger partial charge on any atom is 0.135 e. The fraction of sp³-hybridized carbons (Fsp3) is 0.133. The summed E-state index contributed by atoms with van der Waals surface area (Å²) >= 11 is 0. The number of carboxylic acid groups (broad SMARTS) is 1. The lowest BCUT2D eigenvalue weighted by Gasteiger charge is -2.15. The van der Waals surface area contributed by atoms with Crippen molar-refractivity contribution in [3.8, 4) is 16.9 Å². The van der Waals surface area contributed by atoms with Crippen molar-refractivity contribution in [1.29, 1.82) is 0 Å². The van der Waals surface area contributed by atoms with Crippen molar-refractivity contribution < 1.29 is 19.0 Å². The first-order valence-corrected chi connectivity index (χ1v) is 5.80. The van der Waals surface area contributed by atoms with Gasteiger partial charge in [-0.15, -0.1) is 0 Å². The summed E-state index contributed by atoms with van der Waals surface area (Å²) in [6, 6.07) is 13.3. The molecular weight excluding hydrogens is 247 g/mol. The molecule has 0 saturated carbocycles. The number of rotatable bonds is 4. The van der Waals surface area contributed by atoms with Gasteiger partial charge in [-0.3, -0.25) is 0 Å². The maximum absolute atomic E-state index is 13.9. The molecule has 3 nitrogen and oxygen atoms in total. The van der Waals surface area contributed by atoms with E-state index in [0.717, 1.165) is 5.56 Å². The molecule has 0 unspecified atom stereocenters. The Kier molecular flexibility index (Phi) is 3.80. The van der Waals surface area contributed by atoms with Crippen LogP contribution in [0.2, 0.25) is 0 Å². The van der Waals surface area contributed by atoms with Crippen LogP contribution in [0.3, 0.4) is 0 Å². The lowest BCUT2D eigenvalue weighted by atomic mass is 10.1. The van der Waals surface area contributed by atoms with Crippen molar-refractivity contribution in [2.45, 2.75) is 13.0 Å². The van der Waals surface area contributed by atoms with Gasteiger partial charge >= 0.3 is 0 Å². The summed E-state index contributed by atoms with van der Waals surface area (Å²) < 4.78 is 19.0. The van der Waals surface area contributed by atoms with Gasteiger partial charge in [0.2, 0.25) is 0 Å². The second-order valence-electron chi connectivity index (χ2n) is 4.09. The monoisotopic (exact) mass is 259 g/mol. The number of hydrogen-bond donors (Lipinski definition) is 0. The number of halogens is 1. The van der Waals surface area contributed by atoms with E-state index in [2.05, 4.69) is 0 Å². The van der Waals surface area contributed by atoms with E-state index in [1.54, 1.807) is 18.2 Å². The molecule has 0 saturated heterocycles. The maximum atomic E-state index is 13.9. The highest BCUT2D eigenvalue weighted by atomic mass is 19.1. The third kappa shape index (κ3) is 3.10. The first-order valence-electron chi connectivity index (χ1n) is 5.80. The number of carbonyl (C=O) groups is 1. The van der Waals surface area contributed by atoms with Gasteiger partial charge in [0.25, 0.3) is 0 Å². The van der Waals surface area contributed by atoms with Gasteiger partial charge in [0.1, 0.15) is 17.7 Å². The molecule has 0 aliphatic carbocycles. The molecule has 2 aromatic carbocycles. The second kappa shape index (κ2) is 5.52. The molecule has 98 valence electrons. The van der Waals surface area contributed by atoms with Crippen LogP contribution < -0.4 is 9.84 Å². The van der Waals surface area contributed by atoms with E-state index in [-0.39, 0.29) is 5.75 Å². The van der Waals surface area contributed by atoms with E-state index in [1.807, 2.05) is 18.2 Å². The molecule has 0 fully saturated rings. The zero-order chi connectivity index (χ0) is 13.8. The summed E-state index contributed by atoms with van der Waals surface area (Å²) in [6.07, 6.45) is -1.12. The van der Waals surface area contributed by atoms with E-state index >= 15 is 0 Å². The summed E-state index contributed by atoms with van der Waals surface area (Å²) in [5.74, 6) is -1.64. The first-order chi connectivity index (χ1) is 9.08. The van der Waals surface area contributed by atoms with Crippen LogP contribution in [-0.4, -0.2) is 12.1 Å². The molecular formula is C15H12FO3-. The van der Waals surface area contributed by atoms with Crippen LogP contribution in [0.5, 0.6) is 5.75 Å². The van der Waals surface area contributed by atoms with Gasteiger partial charge in [-0.1, -0.05) is 30.3 Å². The van der Waals surface area contributed by atoms with Crippen LogP contribution in [0.25, 0.3) is 11.1 Å². The van der Waals surface area contributed by atoms with Gasteiger partial charge in [-0.05, 0) is 24.6 Å². The topological polar surface area (TPSA) is 49.4 Å². The van der Waals surface area contributed by atoms with Crippen molar-refractivity contribution in [1.82, 2.24) is 0 Å². The van der Waals surface area contributed by atoms with E-state index in [9.17, 15) is 14.3 Å². The molecule has 0 amide bonds. The minimum Gasteiger partial charge on any atom is -0.546 e. The van der Waals surface area contributed by atoms with Crippen molar-refractivity contribution in [3.05, 3.63) is 54.3 Å². The number of benzene rings is 2. The van der Waals surface area contributed by atoms with Crippen molar-refractivity contribution >= 4 is 5.97 Å². The summed E-state index contributed by atoms with van der Waals surface area (Å²) in [6.45, 7) is 1.33. The van der Waals surface area contributed by atoms with E-state index < -0.39 is 17.9 Å². The van der Waals surface area contributed by atoms with Crippen LogP contribution in [-0.2, 0) is 4.79 Å². The molecule has 1 atom stereocenters. The van der Waals surface area contributed by atoms with Gasteiger partial charge in [-0.25, -0.2) is 4.39 Å². The Morgan fingerprint density at radius 1 is 1.21 bits per heavy atom. The quantitative estimate of drug-likeness (QED) is 0.844. The van der Waals surface area contributed by atoms with Gasteiger partial charge < -0.3 is 14.6 Å². The Morgan fingerprint density at radius 2 is 1.89 bits per heavy atom. The minimum absolute atomic E-state index is 0.161. The molecule has 4 heteroatoms. The highest BCUT2D eigenvalue weighted by Gasteiger charge is 2.09. The van der Waals surface area contributed by atoms with Gasteiger partial charge in [0, 0.05) is 11.6 Å². The lowest BCUT2D eigenvalue weighted by Crippen LogP contribution is -2.37. The number of hydrogen-bond acceptors (Lipinski definition) is 3. The van der Waals surface area contributed by atoms with Gasteiger partial charge in [0.05, 0.1) is 5.97 Å². The molecule has 2 aromatic rings. The van der Waals surface area contributed by atoms with Gasteiger partial charge in [0.15, 0.2) is 0 Å². The summed E-state index contributed by atoms with van der Waals surface area (Å²) in [7, 11) is 0.